The van der Waals surface area contributed by atoms with Gasteiger partial charge in [0.2, 0.25) is 5.88 Å². The molecule has 0 saturated carbocycles. The number of thiocarbonyl (C=S) groups is 1. The van der Waals surface area contributed by atoms with Crippen molar-refractivity contribution in [3.63, 3.8) is 0 Å². The number of hydrogen-bond donors (Lipinski definition) is 1. The fraction of sp³-hybridized carbons (Fsp3) is 0.154. The largest absolute Gasteiger partial charge is 0.435 e. The minimum absolute atomic E-state index is 0.189. The van der Waals surface area contributed by atoms with Crippen molar-refractivity contribution in [3.05, 3.63) is 45.1 Å². The van der Waals surface area contributed by atoms with Crippen molar-refractivity contribution in [1.82, 2.24) is 10.2 Å². The summed E-state index contributed by atoms with van der Waals surface area (Å²) in [5, 5.41) is 8.67. The van der Waals surface area contributed by atoms with Crippen LogP contribution in [-0.4, -0.2) is 15.2 Å². The zero-order valence-corrected chi connectivity index (χ0v) is 13.1. The first-order valence-corrected chi connectivity index (χ1v) is 6.83. The highest BCUT2D eigenvalue weighted by Crippen LogP contribution is 2.35. The first kappa shape index (κ1) is 15.0. The molecule has 0 spiro atoms. The number of nitrogens with zero attached hydrogens (tertiary/aromatic N) is 2. The number of ether oxygens (including phenoxy) is 1. The Morgan fingerprint density at radius 2 is 1.95 bits per heavy atom. The molecule has 0 radical (unpaired) electrons. The zero-order chi connectivity index (χ0) is 14.9. The lowest BCUT2D eigenvalue weighted by Crippen LogP contribution is -2.15. The maximum Gasteiger partial charge on any atom is 0.249 e. The van der Waals surface area contributed by atoms with Gasteiger partial charge in [-0.3, -0.25) is 0 Å². The van der Waals surface area contributed by atoms with E-state index in [1.165, 1.54) is 0 Å². The average molecular weight is 328 g/mol. The average Bonchev–Trinajstić information content (AvgIpc) is 2.39. The predicted octanol–water partition coefficient (Wildman–Crippen LogP) is 3.83. The van der Waals surface area contributed by atoms with E-state index in [4.69, 9.17) is 45.9 Å². The molecule has 1 aromatic heterocycles. The monoisotopic (exact) mass is 327 g/mol. The molecule has 0 unspecified atom stereocenters. The molecule has 0 atom stereocenters. The third kappa shape index (κ3) is 2.85. The summed E-state index contributed by atoms with van der Waals surface area (Å²) in [6.07, 6.45) is 0. The van der Waals surface area contributed by atoms with E-state index in [1.807, 2.05) is 13.8 Å². The molecular weight excluding hydrogens is 317 g/mol. The number of aryl methyl sites for hydroxylation is 1. The highest BCUT2D eigenvalue weighted by atomic mass is 35.5. The fourth-order valence-corrected chi connectivity index (χ4v) is 2.19. The van der Waals surface area contributed by atoms with Crippen molar-refractivity contribution in [1.29, 1.82) is 0 Å². The van der Waals surface area contributed by atoms with Crippen molar-refractivity contribution >= 4 is 40.4 Å². The van der Waals surface area contributed by atoms with Crippen LogP contribution in [0.3, 0.4) is 0 Å². The molecule has 20 heavy (non-hydrogen) atoms. The van der Waals surface area contributed by atoms with Gasteiger partial charge >= 0.3 is 0 Å². The first-order chi connectivity index (χ1) is 9.41. The van der Waals surface area contributed by atoms with Crippen LogP contribution in [0.25, 0.3) is 0 Å². The summed E-state index contributed by atoms with van der Waals surface area (Å²) < 4.78 is 5.66. The molecule has 0 aliphatic heterocycles. The summed E-state index contributed by atoms with van der Waals surface area (Å²) in [6.45, 7) is 3.67. The molecule has 0 aliphatic carbocycles. The van der Waals surface area contributed by atoms with Gasteiger partial charge in [-0.1, -0.05) is 41.5 Å². The Kier molecular flexibility index (Phi) is 4.42. The van der Waals surface area contributed by atoms with E-state index < -0.39 is 0 Å². The Balaban J connectivity index is 2.52. The Hall–Kier alpha value is -1.43. The van der Waals surface area contributed by atoms with Gasteiger partial charge in [0, 0.05) is 0 Å². The Morgan fingerprint density at radius 1 is 1.25 bits per heavy atom. The van der Waals surface area contributed by atoms with Crippen LogP contribution in [0.4, 0.5) is 0 Å². The van der Waals surface area contributed by atoms with E-state index in [0.29, 0.717) is 21.4 Å². The fourth-order valence-electron chi connectivity index (χ4n) is 1.62. The van der Waals surface area contributed by atoms with Gasteiger partial charge in [-0.05, 0) is 31.5 Å². The minimum Gasteiger partial charge on any atom is -0.435 e. The van der Waals surface area contributed by atoms with Crippen LogP contribution in [0.5, 0.6) is 11.6 Å². The van der Waals surface area contributed by atoms with E-state index >= 15 is 0 Å². The highest BCUT2D eigenvalue weighted by Gasteiger charge is 2.17. The SMILES string of the molecule is Cc1nnc(Oc2cccc(Cl)c2Cl)c(C(N)=S)c1C. The van der Waals surface area contributed by atoms with Crippen LogP contribution in [-0.2, 0) is 0 Å². The minimum atomic E-state index is 0.189. The van der Waals surface area contributed by atoms with Crippen molar-refractivity contribution in [2.75, 3.05) is 0 Å². The molecule has 2 rings (SSSR count). The van der Waals surface area contributed by atoms with Gasteiger partial charge in [0.05, 0.1) is 16.3 Å². The third-order valence-corrected chi connectivity index (χ3v) is 3.80. The van der Waals surface area contributed by atoms with Gasteiger partial charge in [-0.25, -0.2) is 0 Å². The summed E-state index contributed by atoms with van der Waals surface area (Å²) >= 11 is 17.1. The quantitative estimate of drug-likeness (QED) is 0.868. The topological polar surface area (TPSA) is 61.0 Å². The summed E-state index contributed by atoms with van der Waals surface area (Å²) in [5.74, 6) is 0.582. The van der Waals surface area contributed by atoms with Crippen LogP contribution >= 0.6 is 35.4 Å². The van der Waals surface area contributed by atoms with E-state index in [2.05, 4.69) is 10.2 Å². The number of benzene rings is 1. The normalized spacial score (nSPS) is 10.4. The maximum absolute atomic E-state index is 6.08. The Morgan fingerprint density at radius 3 is 2.60 bits per heavy atom. The smallest absolute Gasteiger partial charge is 0.249 e. The lowest BCUT2D eigenvalue weighted by Gasteiger charge is -2.13. The van der Waals surface area contributed by atoms with Crippen LogP contribution in [0.1, 0.15) is 16.8 Å². The standard InChI is InChI=1S/C13H11Cl2N3OS/c1-6-7(2)17-18-13(10(6)12(16)20)19-9-5-3-4-8(14)11(9)15/h3-5H,1-2H3,(H2,16,20). The first-order valence-electron chi connectivity index (χ1n) is 5.67. The van der Waals surface area contributed by atoms with Gasteiger partial charge in [0.1, 0.15) is 15.8 Å². The molecule has 0 saturated heterocycles. The van der Waals surface area contributed by atoms with E-state index in [1.54, 1.807) is 18.2 Å². The predicted molar refractivity (Wildman–Crippen MR) is 83.9 cm³/mol. The lowest BCUT2D eigenvalue weighted by molar-refractivity contribution is 0.453. The zero-order valence-electron chi connectivity index (χ0n) is 10.8. The molecule has 0 amide bonds. The molecule has 0 bridgehead atoms. The van der Waals surface area contributed by atoms with Crippen LogP contribution in [0.2, 0.25) is 10.0 Å². The summed E-state index contributed by atoms with van der Waals surface area (Å²) in [5.41, 5.74) is 7.83. The number of rotatable bonds is 3. The highest BCUT2D eigenvalue weighted by molar-refractivity contribution is 7.80. The van der Waals surface area contributed by atoms with Crippen LogP contribution in [0, 0.1) is 13.8 Å². The molecule has 2 aromatic rings. The Bertz CT molecular complexity index is 692. The molecule has 2 N–H and O–H groups in total. The molecule has 1 aromatic carbocycles. The summed E-state index contributed by atoms with van der Waals surface area (Å²) in [6, 6.07) is 5.06. The maximum atomic E-state index is 6.08. The number of hydrogen-bond acceptors (Lipinski definition) is 4. The molecule has 104 valence electrons. The second kappa shape index (κ2) is 5.91. The number of nitrogens with two attached hydrogens (primary N) is 1. The second-order valence-electron chi connectivity index (χ2n) is 4.11. The van der Waals surface area contributed by atoms with Crippen LogP contribution < -0.4 is 10.5 Å². The Labute approximate surface area is 131 Å². The van der Waals surface area contributed by atoms with Crippen molar-refractivity contribution in [3.8, 4) is 11.6 Å². The van der Waals surface area contributed by atoms with Crippen molar-refractivity contribution in [2.45, 2.75) is 13.8 Å². The van der Waals surface area contributed by atoms with Crippen LogP contribution in [0.15, 0.2) is 18.2 Å². The molecule has 0 aliphatic rings. The van der Waals surface area contributed by atoms with Gasteiger partial charge in [-0.15, -0.1) is 5.10 Å². The molecule has 7 heteroatoms. The van der Waals surface area contributed by atoms with Gasteiger partial charge in [0.25, 0.3) is 0 Å². The van der Waals surface area contributed by atoms with Gasteiger partial charge < -0.3 is 10.5 Å². The van der Waals surface area contributed by atoms with Crippen molar-refractivity contribution in [2.24, 2.45) is 5.73 Å². The van der Waals surface area contributed by atoms with E-state index in [-0.39, 0.29) is 10.9 Å². The van der Waals surface area contributed by atoms with Crippen molar-refractivity contribution < 1.29 is 4.74 Å². The second-order valence-corrected chi connectivity index (χ2v) is 5.33. The molecular formula is C13H11Cl2N3OS. The molecule has 4 nitrogen and oxygen atoms in total. The third-order valence-electron chi connectivity index (χ3n) is 2.79. The molecule has 1 heterocycles. The number of halogens is 2. The summed E-state index contributed by atoms with van der Waals surface area (Å²) in [7, 11) is 0. The molecule has 0 fully saturated rings. The number of aromatic nitrogens is 2. The van der Waals surface area contributed by atoms with Gasteiger partial charge in [0.15, 0.2) is 0 Å². The van der Waals surface area contributed by atoms with E-state index in [9.17, 15) is 0 Å². The van der Waals surface area contributed by atoms with E-state index in [0.717, 1.165) is 11.3 Å². The summed E-state index contributed by atoms with van der Waals surface area (Å²) in [4.78, 5) is 0.189. The van der Waals surface area contributed by atoms with Gasteiger partial charge in [-0.2, -0.15) is 5.10 Å². The lowest BCUT2D eigenvalue weighted by atomic mass is 10.1.